The van der Waals surface area contributed by atoms with Crippen LogP contribution in [0.15, 0.2) is 0 Å². The molecule has 0 radical (unpaired) electrons. The van der Waals surface area contributed by atoms with E-state index in [2.05, 4.69) is 27.7 Å². The molecular formula is C18H38ClO4P. The van der Waals surface area contributed by atoms with E-state index in [1.165, 1.54) is 0 Å². The summed E-state index contributed by atoms with van der Waals surface area (Å²) in [6.07, 6.45) is 8.79. The summed E-state index contributed by atoms with van der Waals surface area (Å²) in [5, 5.41) is 0. The van der Waals surface area contributed by atoms with Gasteiger partial charge in [-0.2, -0.15) is 0 Å². The molecule has 24 heavy (non-hydrogen) atoms. The average Bonchev–Trinajstić information content (AvgIpc) is 2.60. The molecule has 0 aliphatic heterocycles. The van der Waals surface area contributed by atoms with Gasteiger partial charge in [0.25, 0.3) is 0 Å². The maximum atomic E-state index is 12.8. The van der Waals surface area contributed by atoms with E-state index in [9.17, 15) is 4.57 Å². The van der Waals surface area contributed by atoms with Crippen LogP contribution in [0.4, 0.5) is 0 Å². The zero-order valence-electron chi connectivity index (χ0n) is 16.1. The Bertz CT molecular complexity index is 304. The first-order valence-electron chi connectivity index (χ1n) is 9.64. The zero-order valence-corrected chi connectivity index (χ0v) is 17.7. The van der Waals surface area contributed by atoms with E-state index in [0.29, 0.717) is 25.0 Å². The molecule has 0 fully saturated rings. The number of phosphoric ester groups is 1. The molecule has 0 aliphatic carbocycles. The summed E-state index contributed by atoms with van der Waals surface area (Å²) in [5.74, 6) is 1.06. The highest BCUT2D eigenvalue weighted by Gasteiger charge is 2.29. The smallest absolute Gasteiger partial charge is 0.287 e. The van der Waals surface area contributed by atoms with E-state index in [1.54, 1.807) is 0 Å². The van der Waals surface area contributed by atoms with Gasteiger partial charge < -0.3 is 0 Å². The lowest BCUT2D eigenvalue weighted by molar-refractivity contribution is 0.0876. The molecule has 0 aromatic rings. The lowest BCUT2D eigenvalue weighted by atomic mass is 10.0. The van der Waals surface area contributed by atoms with Crippen LogP contribution >= 0.6 is 19.4 Å². The Morgan fingerprint density at radius 1 is 0.833 bits per heavy atom. The van der Waals surface area contributed by atoms with E-state index in [-0.39, 0.29) is 12.5 Å². The number of rotatable bonds is 17. The Hall–Kier alpha value is 0.400. The Morgan fingerprint density at radius 3 is 1.62 bits per heavy atom. The molecule has 0 amide bonds. The Labute approximate surface area is 154 Å². The predicted octanol–water partition coefficient (Wildman–Crippen LogP) is 6.82. The normalized spacial score (nSPS) is 16.7. The molecule has 146 valence electrons. The first-order chi connectivity index (χ1) is 11.5. The highest BCUT2D eigenvalue weighted by atomic mass is 35.5. The van der Waals surface area contributed by atoms with Gasteiger partial charge in [0.05, 0.1) is 19.8 Å². The van der Waals surface area contributed by atoms with Crippen molar-refractivity contribution in [2.75, 3.05) is 25.7 Å². The fraction of sp³-hybridized carbons (Fsp3) is 1.00. The number of phosphoric acid groups is 1. The first-order valence-corrected chi connectivity index (χ1v) is 11.6. The molecule has 0 aliphatic rings. The molecule has 0 saturated carbocycles. The van der Waals surface area contributed by atoms with Crippen LogP contribution in [0.25, 0.3) is 0 Å². The molecule has 0 heterocycles. The third kappa shape index (κ3) is 11.9. The molecule has 0 aromatic carbocycles. The van der Waals surface area contributed by atoms with Gasteiger partial charge in [-0.05, 0) is 24.7 Å². The summed E-state index contributed by atoms with van der Waals surface area (Å²) in [6.45, 7) is 9.62. The van der Waals surface area contributed by atoms with Gasteiger partial charge in [-0.25, -0.2) is 4.57 Å². The van der Waals surface area contributed by atoms with Crippen LogP contribution in [0.2, 0.25) is 0 Å². The minimum atomic E-state index is -3.52. The topological polar surface area (TPSA) is 44.8 Å². The molecule has 4 nitrogen and oxygen atoms in total. The third-order valence-electron chi connectivity index (χ3n) is 4.35. The largest absolute Gasteiger partial charge is 0.474 e. The summed E-state index contributed by atoms with van der Waals surface area (Å²) < 4.78 is 29.5. The lowest BCUT2D eigenvalue weighted by Gasteiger charge is -2.23. The van der Waals surface area contributed by atoms with Crippen LogP contribution in [0.1, 0.15) is 79.1 Å². The molecule has 0 saturated heterocycles. The molecule has 2 atom stereocenters. The van der Waals surface area contributed by atoms with Crippen molar-refractivity contribution in [1.82, 2.24) is 0 Å². The van der Waals surface area contributed by atoms with Gasteiger partial charge >= 0.3 is 7.82 Å². The molecular weight excluding hydrogens is 347 g/mol. The second-order valence-electron chi connectivity index (χ2n) is 6.39. The Balaban J connectivity index is 4.54. The highest BCUT2D eigenvalue weighted by molar-refractivity contribution is 7.48. The van der Waals surface area contributed by atoms with Crippen LogP contribution in [-0.2, 0) is 18.1 Å². The third-order valence-corrected chi connectivity index (χ3v) is 5.93. The summed E-state index contributed by atoms with van der Waals surface area (Å²) in [7, 11) is -3.52. The minimum Gasteiger partial charge on any atom is -0.287 e. The summed E-state index contributed by atoms with van der Waals surface area (Å²) >= 11 is 5.67. The van der Waals surface area contributed by atoms with Crippen molar-refractivity contribution in [3.63, 3.8) is 0 Å². The molecule has 0 aromatic heterocycles. The van der Waals surface area contributed by atoms with Gasteiger partial charge in [-0.15, -0.1) is 11.6 Å². The minimum absolute atomic E-state index is 0.177. The van der Waals surface area contributed by atoms with Crippen molar-refractivity contribution in [2.24, 2.45) is 11.8 Å². The summed E-state index contributed by atoms with van der Waals surface area (Å²) in [6, 6.07) is 0. The van der Waals surface area contributed by atoms with Crippen molar-refractivity contribution in [2.45, 2.75) is 79.1 Å². The second kappa shape index (κ2) is 15.6. The van der Waals surface area contributed by atoms with Gasteiger partial charge in [0.1, 0.15) is 0 Å². The van der Waals surface area contributed by atoms with Gasteiger partial charge in [-0.3, -0.25) is 13.6 Å². The zero-order chi connectivity index (χ0) is 18.3. The number of unbranched alkanes of at least 4 members (excludes halogenated alkanes) is 2. The maximum absolute atomic E-state index is 12.8. The number of alkyl halides is 1. The van der Waals surface area contributed by atoms with E-state index in [1.807, 2.05) is 0 Å². The average molecular weight is 385 g/mol. The van der Waals surface area contributed by atoms with Crippen molar-refractivity contribution >= 4 is 19.4 Å². The second-order valence-corrected chi connectivity index (χ2v) is 8.44. The molecule has 0 rings (SSSR count). The number of hydrogen-bond acceptors (Lipinski definition) is 4. The molecule has 0 N–H and O–H groups in total. The number of hydrogen-bond donors (Lipinski definition) is 0. The molecule has 0 bridgehead atoms. The highest BCUT2D eigenvalue weighted by Crippen LogP contribution is 2.50. The standard InChI is InChI=1S/C18H38ClO4P/c1-5-9-11-17(7-3)15-22-24(20,21-14-13-19)23-16-18(8-4)12-10-6-2/h17-18H,5-16H2,1-4H3. The monoisotopic (exact) mass is 384 g/mol. The summed E-state index contributed by atoms with van der Waals surface area (Å²) in [4.78, 5) is 0. The maximum Gasteiger partial charge on any atom is 0.474 e. The van der Waals surface area contributed by atoms with Gasteiger partial charge in [0.15, 0.2) is 0 Å². The van der Waals surface area contributed by atoms with E-state index in [0.717, 1.165) is 51.4 Å². The Morgan fingerprint density at radius 2 is 1.29 bits per heavy atom. The fourth-order valence-corrected chi connectivity index (χ4v) is 3.96. The summed E-state index contributed by atoms with van der Waals surface area (Å²) in [5.41, 5.74) is 0. The molecule has 0 spiro atoms. The quantitative estimate of drug-likeness (QED) is 0.204. The van der Waals surface area contributed by atoms with Crippen LogP contribution in [0, 0.1) is 11.8 Å². The van der Waals surface area contributed by atoms with Crippen molar-refractivity contribution in [1.29, 1.82) is 0 Å². The van der Waals surface area contributed by atoms with Crippen molar-refractivity contribution in [3.8, 4) is 0 Å². The van der Waals surface area contributed by atoms with Crippen LogP contribution in [0.3, 0.4) is 0 Å². The van der Waals surface area contributed by atoms with Gasteiger partial charge in [-0.1, -0.05) is 66.2 Å². The van der Waals surface area contributed by atoms with Crippen molar-refractivity contribution < 1.29 is 18.1 Å². The lowest BCUT2D eigenvalue weighted by Crippen LogP contribution is -2.14. The van der Waals surface area contributed by atoms with E-state index < -0.39 is 7.82 Å². The van der Waals surface area contributed by atoms with Crippen LogP contribution < -0.4 is 0 Å². The predicted molar refractivity (Wildman–Crippen MR) is 103 cm³/mol. The van der Waals surface area contributed by atoms with Crippen LogP contribution in [0.5, 0.6) is 0 Å². The van der Waals surface area contributed by atoms with Crippen LogP contribution in [-0.4, -0.2) is 25.7 Å². The van der Waals surface area contributed by atoms with E-state index >= 15 is 0 Å². The fourth-order valence-electron chi connectivity index (χ4n) is 2.45. The first kappa shape index (κ1) is 24.4. The number of halogens is 1. The van der Waals surface area contributed by atoms with Gasteiger partial charge in [0, 0.05) is 5.88 Å². The Kier molecular flexibility index (Phi) is 15.9. The molecule has 6 heteroatoms. The SMILES string of the molecule is CCCCC(CC)COP(=O)(OCCCl)OCC(CC)CCCC. The molecule has 2 unspecified atom stereocenters. The van der Waals surface area contributed by atoms with E-state index in [4.69, 9.17) is 25.2 Å². The van der Waals surface area contributed by atoms with Gasteiger partial charge in [0.2, 0.25) is 0 Å². The van der Waals surface area contributed by atoms with Crippen molar-refractivity contribution in [3.05, 3.63) is 0 Å².